The van der Waals surface area contributed by atoms with Crippen LogP contribution in [0.3, 0.4) is 0 Å². The van der Waals surface area contributed by atoms with E-state index in [4.69, 9.17) is 0 Å². The third-order valence-electron chi connectivity index (χ3n) is 4.33. The van der Waals surface area contributed by atoms with Gasteiger partial charge >= 0.3 is 0 Å². The van der Waals surface area contributed by atoms with Gasteiger partial charge in [0.05, 0.1) is 6.04 Å². The Balaban J connectivity index is 1.67. The van der Waals surface area contributed by atoms with Crippen molar-refractivity contribution >= 4 is 23.4 Å². The van der Waals surface area contributed by atoms with Gasteiger partial charge in [-0.15, -0.1) is 10.2 Å². The maximum Gasteiger partial charge on any atom is 0.240 e. The number of aryl methyl sites for hydroxylation is 2. The number of fused-ring (bicyclic) bond motifs is 1. The molecular weight excluding hydrogens is 346 g/mol. The van der Waals surface area contributed by atoms with Gasteiger partial charge in [0.15, 0.2) is 0 Å². The van der Waals surface area contributed by atoms with E-state index in [0.717, 1.165) is 17.1 Å². The molecule has 2 N–H and O–H groups in total. The molecule has 2 atom stereocenters. The average Bonchev–Trinajstić information content (AvgIpc) is 3.02. The zero-order valence-electron chi connectivity index (χ0n) is 14.5. The standard InChI is InChI=1S/C19H19N5OS/c1-12-8-10-14(11-9-12)16-17(18(25)20-15-6-4-3-5-7-15)26-19-22-21-13(2)24(19)23-16/h3-11,16-17,23H,1-2H3,(H,20,25)/t16-,17+/m1/s1. The van der Waals surface area contributed by atoms with E-state index in [0.29, 0.717) is 5.16 Å². The molecule has 1 aliphatic heterocycles. The zero-order valence-corrected chi connectivity index (χ0v) is 15.3. The predicted molar refractivity (Wildman–Crippen MR) is 103 cm³/mol. The number of carbonyl (C=O) groups excluding carboxylic acids is 1. The van der Waals surface area contributed by atoms with Crippen molar-refractivity contribution in [2.75, 3.05) is 10.7 Å². The van der Waals surface area contributed by atoms with Crippen LogP contribution < -0.4 is 10.7 Å². The Kier molecular flexibility index (Phi) is 4.38. The molecule has 1 aliphatic rings. The third-order valence-corrected chi connectivity index (χ3v) is 5.55. The van der Waals surface area contributed by atoms with E-state index in [1.54, 1.807) is 0 Å². The lowest BCUT2D eigenvalue weighted by atomic mass is 10.0. The van der Waals surface area contributed by atoms with Crippen molar-refractivity contribution < 1.29 is 4.79 Å². The van der Waals surface area contributed by atoms with Crippen LogP contribution in [0.25, 0.3) is 0 Å². The molecule has 1 amide bonds. The lowest BCUT2D eigenvalue weighted by Crippen LogP contribution is -2.41. The highest BCUT2D eigenvalue weighted by Crippen LogP contribution is 2.37. The van der Waals surface area contributed by atoms with Crippen LogP contribution >= 0.6 is 11.8 Å². The quantitative estimate of drug-likeness (QED) is 0.745. The Morgan fingerprint density at radius 2 is 1.81 bits per heavy atom. The highest BCUT2D eigenvalue weighted by Gasteiger charge is 2.37. The van der Waals surface area contributed by atoms with E-state index >= 15 is 0 Å². The van der Waals surface area contributed by atoms with Gasteiger partial charge in [-0.1, -0.05) is 59.8 Å². The number of hydrogen-bond acceptors (Lipinski definition) is 5. The molecule has 0 saturated heterocycles. The van der Waals surface area contributed by atoms with Crippen LogP contribution in [0, 0.1) is 13.8 Å². The molecule has 2 heterocycles. The molecule has 0 radical (unpaired) electrons. The first kappa shape index (κ1) is 16.7. The summed E-state index contributed by atoms with van der Waals surface area (Å²) in [5.41, 5.74) is 6.42. The summed E-state index contributed by atoms with van der Waals surface area (Å²) in [5.74, 6) is 0.706. The van der Waals surface area contributed by atoms with Crippen molar-refractivity contribution in [1.29, 1.82) is 0 Å². The lowest BCUT2D eigenvalue weighted by molar-refractivity contribution is -0.116. The monoisotopic (exact) mass is 365 g/mol. The third kappa shape index (κ3) is 3.17. The first-order valence-electron chi connectivity index (χ1n) is 8.39. The van der Waals surface area contributed by atoms with Gasteiger partial charge in [-0.25, -0.2) is 4.68 Å². The Morgan fingerprint density at radius 3 is 2.54 bits per heavy atom. The van der Waals surface area contributed by atoms with Crippen LogP contribution in [0.4, 0.5) is 5.69 Å². The fourth-order valence-corrected chi connectivity index (χ4v) is 4.04. The molecule has 7 heteroatoms. The molecule has 0 unspecified atom stereocenters. The van der Waals surface area contributed by atoms with Crippen molar-refractivity contribution in [2.45, 2.75) is 30.3 Å². The number of aromatic nitrogens is 3. The minimum atomic E-state index is -0.367. The summed E-state index contributed by atoms with van der Waals surface area (Å²) in [4.78, 5) is 13.0. The molecule has 0 fully saturated rings. The van der Waals surface area contributed by atoms with Gasteiger partial charge < -0.3 is 10.7 Å². The molecule has 26 heavy (non-hydrogen) atoms. The highest BCUT2D eigenvalue weighted by atomic mass is 32.2. The molecule has 0 aliphatic carbocycles. The summed E-state index contributed by atoms with van der Waals surface area (Å²) >= 11 is 1.43. The topological polar surface area (TPSA) is 71.8 Å². The first-order valence-corrected chi connectivity index (χ1v) is 9.27. The predicted octanol–water partition coefficient (Wildman–Crippen LogP) is 3.29. The highest BCUT2D eigenvalue weighted by molar-refractivity contribution is 8.00. The second-order valence-electron chi connectivity index (χ2n) is 6.28. The van der Waals surface area contributed by atoms with E-state index in [-0.39, 0.29) is 17.2 Å². The molecule has 132 valence electrons. The van der Waals surface area contributed by atoms with Crippen molar-refractivity contribution in [3.63, 3.8) is 0 Å². The van der Waals surface area contributed by atoms with Gasteiger partial charge in [0.1, 0.15) is 11.1 Å². The number of amides is 1. The fraction of sp³-hybridized carbons (Fsp3) is 0.211. The lowest BCUT2D eigenvalue weighted by Gasteiger charge is -2.32. The van der Waals surface area contributed by atoms with Crippen molar-refractivity contribution in [1.82, 2.24) is 14.9 Å². The fourth-order valence-electron chi connectivity index (χ4n) is 2.92. The second-order valence-corrected chi connectivity index (χ2v) is 7.39. The molecule has 6 nitrogen and oxygen atoms in total. The molecule has 0 saturated carbocycles. The number of nitrogens with zero attached hydrogens (tertiary/aromatic N) is 3. The summed E-state index contributed by atoms with van der Waals surface area (Å²) < 4.78 is 1.85. The van der Waals surface area contributed by atoms with E-state index in [1.807, 2.05) is 41.9 Å². The molecule has 4 rings (SSSR count). The minimum absolute atomic E-state index is 0.0637. The van der Waals surface area contributed by atoms with E-state index in [9.17, 15) is 4.79 Å². The SMILES string of the molecule is Cc1ccc([C@H]2Nn3c(C)nnc3S[C@@H]2C(=O)Nc2ccccc2)cc1. The number of carbonyl (C=O) groups is 1. The van der Waals surface area contributed by atoms with Gasteiger partial charge in [0.25, 0.3) is 0 Å². The Bertz CT molecular complexity index is 923. The first-order chi connectivity index (χ1) is 12.6. The maximum atomic E-state index is 13.0. The van der Waals surface area contributed by atoms with Crippen LogP contribution in [0.15, 0.2) is 59.8 Å². The summed E-state index contributed by atoms with van der Waals surface area (Å²) in [7, 11) is 0. The average molecular weight is 365 g/mol. The smallest absolute Gasteiger partial charge is 0.240 e. The number of anilines is 1. The Morgan fingerprint density at radius 1 is 1.08 bits per heavy atom. The number of thioether (sulfide) groups is 1. The number of nitrogens with one attached hydrogen (secondary N) is 2. The second kappa shape index (κ2) is 6.84. The van der Waals surface area contributed by atoms with Crippen molar-refractivity contribution in [3.8, 4) is 0 Å². The Hall–Kier alpha value is -2.80. The van der Waals surface area contributed by atoms with E-state index in [1.165, 1.54) is 17.3 Å². The molecule has 2 aromatic carbocycles. The van der Waals surface area contributed by atoms with Crippen LogP contribution in [0.2, 0.25) is 0 Å². The minimum Gasteiger partial charge on any atom is -0.325 e. The summed E-state index contributed by atoms with van der Waals surface area (Å²) in [6.07, 6.45) is 0. The van der Waals surface area contributed by atoms with E-state index < -0.39 is 0 Å². The number of benzene rings is 2. The largest absolute Gasteiger partial charge is 0.325 e. The van der Waals surface area contributed by atoms with Gasteiger partial charge in [-0.2, -0.15) is 0 Å². The van der Waals surface area contributed by atoms with Crippen LogP contribution in [0.1, 0.15) is 23.0 Å². The van der Waals surface area contributed by atoms with Crippen LogP contribution in [-0.2, 0) is 4.79 Å². The Labute approximate surface area is 156 Å². The molecule has 1 aromatic heterocycles. The summed E-state index contributed by atoms with van der Waals surface area (Å²) in [6.45, 7) is 3.94. The summed E-state index contributed by atoms with van der Waals surface area (Å²) in [5, 5.41) is 11.6. The normalized spacial score (nSPS) is 18.7. The summed E-state index contributed by atoms with van der Waals surface area (Å²) in [6, 6.07) is 17.5. The molecule has 3 aromatic rings. The van der Waals surface area contributed by atoms with Crippen LogP contribution in [-0.4, -0.2) is 26.0 Å². The zero-order chi connectivity index (χ0) is 18.1. The van der Waals surface area contributed by atoms with Gasteiger partial charge in [0.2, 0.25) is 11.1 Å². The van der Waals surface area contributed by atoms with Crippen molar-refractivity contribution in [3.05, 3.63) is 71.5 Å². The van der Waals surface area contributed by atoms with Gasteiger partial charge in [-0.3, -0.25) is 4.79 Å². The molecular formula is C19H19N5OS. The maximum absolute atomic E-state index is 13.0. The van der Waals surface area contributed by atoms with Gasteiger partial charge in [-0.05, 0) is 31.5 Å². The van der Waals surface area contributed by atoms with E-state index in [2.05, 4.69) is 52.1 Å². The number of rotatable bonds is 3. The van der Waals surface area contributed by atoms with Gasteiger partial charge in [0, 0.05) is 5.69 Å². The van der Waals surface area contributed by atoms with Crippen LogP contribution in [0.5, 0.6) is 0 Å². The number of hydrogen-bond donors (Lipinski definition) is 2. The molecule has 0 bridgehead atoms. The van der Waals surface area contributed by atoms with Crippen molar-refractivity contribution in [2.24, 2.45) is 0 Å². The number of para-hydroxylation sites is 1. The molecule has 0 spiro atoms.